The largest absolute Gasteiger partial charge is 0.448 e. The van der Waals surface area contributed by atoms with Gasteiger partial charge in [0.1, 0.15) is 11.6 Å². The number of anilines is 1. The van der Waals surface area contributed by atoms with Gasteiger partial charge in [-0.25, -0.2) is 4.79 Å². The summed E-state index contributed by atoms with van der Waals surface area (Å²) in [5, 5.41) is 12.1. The minimum atomic E-state index is -1.04. The highest BCUT2D eigenvalue weighted by Crippen LogP contribution is 2.26. The minimum Gasteiger partial charge on any atom is -0.448 e. The standard InChI is InChI=1S/C24H26N2O3/c1-5-17(3)21-8-6-7-9-22(21)26-23(27)18(4)29-24(28)20(15-25)14-19-12-10-16(2)11-13-19/h6-14,17-18H,5H2,1-4H3,(H,26,27)/b20-14+/t17-,18+/m1/s1. The monoisotopic (exact) mass is 390 g/mol. The number of esters is 1. The number of carbonyl (C=O) groups is 2. The molecular formula is C24H26N2O3. The second kappa shape index (κ2) is 10.2. The third-order valence-corrected chi connectivity index (χ3v) is 4.74. The van der Waals surface area contributed by atoms with Crippen molar-refractivity contribution in [1.82, 2.24) is 0 Å². The van der Waals surface area contributed by atoms with Crippen LogP contribution in [0, 0.1) is 18.3 Å². The molecule has 5 heteroatoms. The molecule has 0 spiro atoms. The minimum absolute atomic E-state index is 0.159. The number of carbonyl (C=O) groups excluding carboxylic acids is 2. The van der Waals surface area contributed by atoms with Crippen LogP contribution in [0.1, 0.15) is 49.8 Å². The van der Waals surface area contributed by atoms with Crippen molar-refractivity contribution in [2.24, 2.45) is 0 Å². The second-order valence-corrected chi connectivity index (χ2v) is 7.01. The van der Waals surface area contributed by atoms with Crippen LogP contribution in [0.15, 0.2) is 54.1 Å². The van der Waals surface area contributed by atoms with Gasteiger partial charge in [0.2, 0.25) is 0 Å². The van der Waals surface area contributed by atoms with E-state index in [4.69, 9.17) is 4.74 Å². The maximum absolute atomic E-state index is 12.5. The quantitative estimate of drug-likeness (QED) is 0.410. The maximum atomic E-state index is 12.5. The van der Waals surface area contributed by atoms with Gasteiger partial charge in [0.05, 0.1) is 0 Å². The average Bonchev–Trinajstić information content (AvgIpc) is 2.72. The lowest BCUT2D eigenvalue weighted by molar-refractivity contribution is -0.148. The van der Waals surface area contributed by atoms with Gasteiger partial charge in [0.15, 0.2) is 6.10 Å². The van der Waals surface area contributed by atoms with Crippen LogP contribution >= 0.6 is 0 Å². The number of nitriles is 1. The molecule has 0 saturated carbocycles. The van der Waals surface area contributed by atoms with Gasteiger partial charge in [0.25, 0.3) is 5.91 Å². The zero-order valence-corrected chi connectivity index (χ0v) is 17.2. The Hall–Kier alpha value is -3.39. The Bertz CT molecular complexity index is 939. The molecule has 1 amide bonds. The Morgan fingerprint density at radius 3 is 2.41 bits per heavy atom. The number of ether oxygens (including phenoxy) is 1. The smallest absolute Gasteiger partial charge is 0.349 e. The molecule has 1 N–H and O–H groups in total. The van der Waals surface area contributed by atoms with Crippen molar-refractivity contribution in [2.75, 3.05) is 5.32 Å². The second-order valence-electron chi connectivity index (χ2n) is 7.01. The van der Waals surface area contributed by atoms with Gasteiger partial charge in [-0.15, -0.1) is 0 Å². The molecule has 0 aliphatic rings. The Labute approximate surface area is 172 Å². The SMILES string of the molecule is CC[C@@H](C)c1ccccc1NC(=O)[C@H](C)OC(=O)/C(C#N)=C/c1ccc(C)cc1. The van der Waals surface area contributed by atoms with Gasteiger partial charge in [-0.2, -0.15) is 5.26 Å². The fourth-order valence-electron chi connectivity index (χ4n) is 2.74. The molecule has 0 aliphatic carbocycles. The predicted molar refractivity (Wildman–Crippen MR) is 114 cm³/mol. The number of nitrogens with zero attached hydrogens (tertiary/aromatic N) is 1. The predicted octanol–water partition coefficient (Wildman–Crippen LogP) is 4.99. The van der Waals surface area contributed by atoms with Gasteiger partial charge in [-0.05, 0) is 49.5 Å². The summed E-state index contributed by atoms with van der Waals surface area (Å²) in [5.41, 5.74) is 3.35. The summed E-state index contributed by atoms with van der Waals surface area (Å²) in [7, 11) is 0. The van der Waals surface area contributed by atoms with E-state index in [0.29, 0.717) is 11.3 Å². The first kappa shape index (κ1) is 21.9. The van der Waals surface area contributed by atoms with Crippen LogP contribution in [0.3, 0.4) is 0 Å². The molecule has 2 aromatic carbocycles. The fraction of sp³-hybridized carbons (Fsp3) is 0.292. The summed E-state index contributed by atoms with van der Waals surface area (Å²) in [6, 6.07) is 16.8. The first-order chi connectivity index (χ1) is 13.8. The zero-order valence-electron chi connectivity index (χ0n) is 17.2. The molecule has 29 heavy (non-hydrogen) atoms. The van der Waals surface area contributed by atoms with Gasteiger partial charge < -0.3 is 10.1 Å². The van der Waals surface area contributed by atoms with E-state index in [2.05, 4.69) is 19.2 Å². The van der Waals surface area contributed by atoms with E-state index in [1.54, 1.807) is 0 Å². The van der Waals surface area contributed by atoms with Gasteiger partial charge >= 0.3 is 5.97 Å². The van der Waals surface area contributed by atoms with E-state index >= 15 is 0 Å². The number of hydrogen-bond acceptors (Lipinski definition) is 4. The third-order valence-electron chi connectivity index (χ3n) is 4.74. The molecule has 0 unspecified atom stereocenters. The van der Waals surface area contributed by atoms with E-state index in [0.717, 1.165) is 17.5 Å². The Morgan fingerprint density at radius 1 is 1.14 bits per heavy atom. The van der Waals surface area contributed by atoms with E-state index < -0.39 is 18.0 Å². The normalized spacial score (nSPS) is 13.1. The molecule has 5 nitrogen and oxygen atoms in total. The van der Waals surface area contributed by atoms with Crippen LogP contribution in [0.5, 0.6) is 0 Å². The Kier molecular flexibility index (Phi) is 7.73. The number of rotatable bonds is 7. The lowest BCUT2D eigenvalue weighted by Crippen LogP contribution is -2.30. The first-order valence-corrected chi connectivity index (χ1v) is 9.65. The molecule has 0 heterocycles. The summed E-state index contributed by atoms with van der Waals surface area (Å²) >= 11 is 0. The van der Waals surface area contributed by atoms with E-state index in [1.165, 1.54) is 13.0 Å². The van der Waals surface area contributed by atoms with Crippen LogP contribution in [0.25, 0.3) is 6.08 Å². The van der Waals surface area contributed by atoms with Crippen LogP contribution in [0.4, 0.5) is 5.69 Å². The Morgan fingerprint density at radius 2 is 1.79 bits per heavy atom. The van der Waals surface area contributed by atoms with Crippen molar-refractivity contribution in [3.8, 4) is 6.07 Å². The number of aryl methyl sites for hydroxylation is 1. The number of para-hydroxylation sites is 1. The zero-order chi connectivity index (χ0) is 21.4. The molecule has 0 aromatic heterocycles. The van der Waals surface area contributed by atoms with Gasteiger partial charge in [-0.1, -0.05) is 61.9 Å². The summed E-state index contributed by atoms with van der Waals surface area (Å²) in [4.78, 5) is 24.9. The van der Waals surface area contributed by atoms with Crippen molar-refractivity contribution < 1.29 is 14.3 Å². The molecular weight excluding hydrogens is 364 g/mol. The fourth-order valence-corrected chi connectivity index (χ4v) is 2.74. The van der Waals surface area contributed by atoms with Crippen LogP contribution in [-0.2, 0) is 14.3 Å². The van der Waals surface area contributed by atoms with Crippen molar-refractivity contribution in [1.29, 1.82) is 5.26 Å². The van der Waals surface area contributed by atoms with Crippen LogP contribution in [0.2, 0.25) is 0 Å². The van der Waals surface area contributed by atoms with Crippen LogP contribution in [-0.4, -0.2) is 18.0 Å². The van der Waals surface area contributed by atoms with E-state index in [9.17, 15) is 14.9 Å². The first-order valence-electron chi connectivity index (χ1n) is 9.65. The lowest BCUT2D eigenvalue weighted by Gasteiger charge is -2.18. The number of hydrogen-bond donors (Lipinski definition) is 1. The molecule has 2 atom stereocenters. The molecule has 2 aromatic rings. The van der Waals surface area contributed by atoms with Crippen molar-refractivity contribution >= 4 is 23.6 Å². The average molecular weight is 390 g/mol. The summed E-state index contributed by atoms with van der Waals surface area (Å²) in [5.74, 6) is -0.986. The Balaban J connectivity index is 2.08. The lowest BCUT2D eigenvalue weighted by atomic mass is 9.97. The molecule has 2 rings (SSSR count). The van der Waals surface area contributed by atoms with Gasteiger partial charge in [0, 0.05) is 5.69 Å². The summed E-state index contributed by atoms with van der Waals surface area (Å²) < 4.78 is 5.22. The molecule has 0 bridgehead atoms. The molecule has 0 saturated heterocycles. The topological polar surface area (TPSA) is 79.2 Å². The highest BCUT2D eigenvalue weighted by atomic mass is 16.5. The molecule has 150 valence electrons. The molecule has 0 aliphatic heterocycles. The van der Waals surface area contributed by atoms with Gasteiger partial charge in [-0.3, -0.25) is 4.79 Å². The third kappa shape index (κ3) is 6.05. The molecule has 0 fully saturated rings. The number of nitrogens with one attached hydrogen (secondary N) is 1. The summed E-state index contributed by atoms with van der Waals surface area (Å²) in [6.07, 6.45) is 1.35. The van der Waals surface area contributed by atoms with Crippen molar-refractivity contribution in [3.05, 3.63) is 70.8 Å². The maximum Gasteiger partial charge on any atom is 0.349 e. The highest BCUT2D eigenvalue weighted by molar-refractivity contribution is 6.01. The summed E-state index contributed by atoms with van der Waals surface area (Å²) in [6.45, 7) is 7.60. The number of benzene rings is 2. The van der Waals surface area contributed by atoms with Crippen molar-refractivity contribution in [2.45, 2.75) is 46.1 Å². The van der Waals surface area contributed by atoms with Crippen LogP contribution < -0.4 is 5.32 Å². The van der Waals surface area contributed by atoms with E-state index in [1.807, 2.05) is 61.5 Å². The molecule has 0 radical (unpaired) electrons. The van der Waals surface area contributed by atoms with Crippen molar-refractivity contribution in [3.63, 3.8) is 0 Å². The van der Waals surface area contributed by atoms with E-state index in [-0.39, 0.29) is 11.5 Å². The number of amides is 1. The highest BCUT2D eigenvalue weighted by Gasteiger charge is 2.22.